The minimum Gasteiger partial charge on any atom is -0.493 e. The van der Waals surface area contributed by atoms with Gasteiger partial charge in [-0.1, -0.05) is 22.9 Å². The van der Waals surface area contributed by atoms with E-state index >= 15 is 0 Å². The number of nitrogens with one attached hydrogen (secondary N) is 1. The number of fused-ring (bicyclic) bond motifs is 1. The molecule has 0 unspecified atom stereocenters. The maximum atomic E-state index is 9.68. The smallest absolute Gasteiger partial charge is 0.149 e. The number of imidazole rings is 1. The highest BCUT2D eigenvalue weighted by Gasteiger charge is 2.11. The molecule has 1 N–H and O–H groups in total. The van der Waals surface area contributed by atoms with Crippen molar-refractivity contribution in [1.82, 2.24) is 9.97 Å². The predicted molar refractivity (Wildman–Crippen MR) is 109 cm³/mol. The molecule has 0 amide bonds. The van der Waals surface area contributed by atoms with Crippen LogP contribution in [0.2, 0.25) is 0 Å². The third-order valence-corrected chi connectivity index (χ3v) is 4.70. The lowest BCUT2D eigenvalue weighted by Gasteiger charge is -2.09. The second-order valence-corrected chi connectivity index (χ2v) is 7.16. The lowest BCUT2D eigenvalue weighted by Crippen LogP contribution is -1.97. The van der Waals surface area contributed by atoms with Crippen molar-refractivity contribution >= 4 is 38.6 Å². The van der Waals surface area contributed by atoms with E-state index in [4.69, 9.17) is 4.74 Å². The number of benzene rings is 2. The van der Waals surface area contributed by atoms with Crippen LogP contribution in [0.3, 0.4) is 0 Å². The van der Waals surface area contributed by atoms with E-state index in [1.54, 1.807) is 0 Å². The molecule has 1 aromatic heterocycles. The number of aromatic amines is 1. The summed E-state index contributed by atoms with van der Waals surface area (Å²) in [5, 5.41) is 9.68. The van der Waals surface area contributed by atoms with Crippen LogP contribution in [0.1, 0.15) is 35.9 Å². The molecule has 26 heavy (non-hydrogen) atoms. The van der Waals surface area contributed by atoms with Gasteiger partial charge >= 0.3 is 0 Å². The Bertz CT molecular complexity index is 989. The number of nitrogens with zero attached hydrogens (tertiary/aromatic N) is 2. The molecule has 132 valence electrons. The summed E-state index contributed by atoms with van der Waals surface area (Å²) in [6.45, 7) is 6.82. The van der Waals surface area contributed by atoms with Crippen molar-refractivity contribution in [3.05, 3.63) is 57.3 Å². The quantitative estimate of drug-likeness (QED) is 0.541. The Balaban J connectivity index is 2.06. The molecule has 3 rings (SSSR count). The second-order valence-electron chi connectivity index (χ2n) is 6.24. The number of allylic oxidation sites excluding steroid dienone is 1. The van der Waals surface area contributed by atoms with Crippen molar-refractivity contribution < 1.29 is 4.74 Å². The Hall–Kier alpha value is -2.58. The van der Waals surface area contributed by atoms with Crippen molar-refractivity contribution in [2.45, 2.75) is 27.2 Å². The molecular weight excluding hydrogens is 390 g/mol. The second kappa shape index (κ2) is 7.76. The lowest BCUT2D eigenvalue weighted by molar-refractivity contribution is 0.317. The third kappa shape index (κ3) is 3.81. The highest BCUT2D eigenvalue weighted by Crippen LogP contribution is 2.28. The first-order valence-corrected chi connectivity index (χ1v) is 9.32. The van der Waals surface area contributed by atoms with Gasteiger partial charge in [-0.3, -0.25) is 0 Å². The van der Waals surface area contributed by atoms with Crippen LogP contribution in [0.25, 0.3) is 22.7 Å². The van der Waals surface area contributed by atoms with Crippen molar-refractivity contribution in [3.8, 4) is 11.8 Å². The van der Waals surface area contributed by atoms with E-state index in [-0.39, 0.29) is 0 Å². The number of rotatable bonds is 5. The minimum atomic E-state index is 0.468. The summed E-state index contributed by atoms with van der Waals surface area (Å²) in [5.41, 5.74) is 5.48. The fraction of sp³-hybridized carbons (Fsp3) is 0.238. The summed E-state index contributed by atoms with van der Waals surface area (Å²) < 4.78 is 6.74. The van der Waals surface area contributed by atoms with Crippen LogP contribution < -0.4 is 4.74 Å². The van der Waals surface area contributed by atoms with Crippen LogP contribution >= 0.6 is 15.9 Å². The number of aryl methyl sites for hydroxylation is 2. The molecule has 0 saturated carbocycles. The Morgan fingerprint density at radius 1 is 1.27 bits per heavy atom. The van der Waals surface area contributed by atoms with Crippen LogP contribution in [0.4, 0.5) is 0 Å². The average Bonchev–Trinajstić information content (AvgIpc) is 3.01. The van der Waals surface area contributed by atoms with E-state index in [2.05, 4.69) is 58.8 Å². The first kappa shape index (κ1) is 18.2. The molecule has 0 aliphatic rings. The molecule has 0 bridgehead atoms. The number of hydrogen-bond donors (Lipinski definition) is 1. The minimum absolute atomic E-state index is 0.468. The normalized spacial score (nSPS) is 11.6. The zero-order valence-electron chi connectivity index (χ0n) is 15.1. The van der Waals surface area contributed by atoms with Gasteiger partial charge in [0.25, 0.3) is 0 Å². The van der Waals surface area contributed by atoms with Crippen molar-refractivity contribution in [2.75, 3.05) is 6.61 Å². The largest absolute Gasteiger partial charge is 0.493 e. The molecule has 0 fully saturated rings. The van der Waals surface area contributed by atoms with Crippen LogP contribution in [-0.2, 0) is 0 Å². The van der Waals surface area contributed by atoms with E-state index < -0.39 is 0 Å². The molecule has 0 atom stereocenters. The fourth-order valence-electron chi connectivity index (χ4n) is 2.68. The van der Waals surface area contributed by atoms with Gasteiger partial charge in [-0.25, -0.2) is 4.98 Å². The van der Waals surface area contributed by atoms with E-state index in [1.807, 2.05) is 30.3 Å². The van der Waals surface area contributed by atoms with Crippen molar-refractivity contribution in [2.24, 2.45) is 0 Å². The molecule has 0 aliphatic heterocycles. The van der Waals surface area contributed by atoms with Crippen molar-refractivity contribution in [1.29, 1.82) is 5.26 Å². The first-order valence-electron chi connectivity index (χ1n) is 8.53. The molecule has 0 aliphatic carbocycles. The Labute approximate surface area is 161 Å². The molecule has 0 saturated heterocycles. The third-order valence-electron chi connectivity index (χ3n) is 4.21. The van der Waals surface area contributed by atoms with E-state index in [0.29, 0.717) is 18.0 Å². The molecule has 4 nitrogen and oxygen atoms in total. The first-order chi connectivity index (χ1) is 12.5. The molecule has 1 heterocycles. The van der Waals surface area contributed by atoms with Crippen LogP contribution in [0.5, 0.6) is 5.75 Å². The number of halogens is 1. The van der Waals surface area contributed by atoms with Gasteiger partial charge in [0, 0.05) is 10.0 Å². The number of hydrogen-bond acceptors (Lipinski definition) is 3. The maximum Gasteiger partial charge on any atom is 0.149 e. The van der Waals surface area contributed by atoms with E-state index in [9.17, 15) is 5.26 Å². The molecular formula is C21H20BrN3O. The van der Waals surface area contributed by atoms with Gasteiger partial charge in [-0.15, -0.1) is 0 Å². The lowest BCUT2D eigenvalue weighted by atomic mass is 10.1. The highest BCUT2D eigenvalue weighted by atomic mass is 79.9. The average molecular weight is 410 g/mol. The molecule has 0 spiro atoms. The van der Waals surface area contributed by atoms with Crippen molar-refractivity contribution in [3.63, 3.8) is 0 Å². The summed E-state index contributed by atoms with van der Waals surface area (Å²) in [5.74, 6) is 1.32. The zero-order chi connectivity index (χ0) is 18.7. The monoisotopic (exact) mass is 409 g/mol. The summed E-state index contributed by atoms with van der Waals surface area (Å²) in [6.07, 6.45) is 2.74. The van der Waals surface area contributed by atoms with Gasteiger partial charge in [0.05, 0.1) is 23.2 Å². The van der Waals surface area contributed by atoms with Crippen LogP contribution in [0, 0.1) is 25.2 Å². The zero-order valence-corrected chi connectivity index (χ0v) is 16.6. The van der Waals surface area contributed by atoms with E-state index in [0.717, 1.165) is 33.2 Å². The fourth-order valence-corrected chi connectivity index (χ4v) is 3.06. The number of nitriles is 1. The Morgan fingerprint density at radius 2 is 2.04 bits per heavy atom. The topological polar surface area (TPSA) is 61.7 Å². The summed E-state index contributed by atoms with van der Waals surface area (Å²) in [4.78, 5) is 7.86. The van der Waals surface area contributed by atoms with Gasteiger partial charge < -0.3 is 9.72 Å². The summed E-state index contributed by atoms with van der Waals surface area (Å²) in [6, 6.07) is 12.1. The van der Waals surface area contributed by atoms with Gasteiger partial charge in [0.1, 0.15) is 17.6 Å². The Morgan fingerprint density at radius 3 is 2.77 bits per heavy atom. The molecule has 2 aromatic carbocycles. The van der Waals surface area contributed by atoms with Gasteiger partial charge in [0.15, 0.2) is 0 Å². The number of aromatic nitrogens is 2. The predicted octanol–water partition coefficient (Wildman–Crippen LogP) is 5.80. The molecule has 3 aromatic rings. The number of ether oxygens (including phenoxy) is 1. The van der Waals surface area contributed by atoms with Crippen LogP contribution in [-0.4, -0.2) is 16.6 Å². The summed E-state index contributed by atoms with van der Waals surface area (Å²) >= 11 is 3.49. The molecule has 5 heteroatoms. The van der Waals surface area contributed by atoms with Gasteiger partial charge in [0.2, 0.25) is 0 Å². The SMILES string of the molecule is CCCOc1ccc(Br)cc1C=C(C#N)c1nc2cc(C)c(C)cc2[nH]1. The standard InChI is InChI=1S/C21H20BrN3O/c1-4-7-26-20-6-5-17(22)11-15(20)10-16(12-23)21-24-18-8-13(2)14(3)9-19(18)25-21/h5-6,8-11H,4,7H2,1-3H3,(H,24,25). The number of H-pyrrole nitrogens is 1. The summed E-state index contributed by atoms with van der Waals surface area (Å²) in [7, 11) is 0. The van der Waals surface area contributed by atoms with Gasteiger partial charge in [-0.2, -0.15) is 5.26 Å². The Kier molecular flexibility index (Phi) is 5.43. The maximum absolute atomic E-state index is 9.68. The van der Waals surface area contributed by atoms with Crippen LogP contribution in [0.15, 0.2) is 34.8 Å². The van der Waals surface area contributed by atoms with Gasteiger partial charge in [-0.05, 0) is 67.8 Å². The highest BCUT2D eigenvalue weighted by molar-refractivity contribution is 9.10. The van der Waals surface area contributed by atoms with E-state index in [1.165, 1.54) is 11.1 Å². The molecule has 0 radical (unpaired) electrons.